The van der Waals surface area contributed by atoms with E-state index in [0.717, 1.165) is 36.9 Å². The largest absolute Gasteiger partial charge is 0.310 e. The number of nitrogens with one attached hydrogen (secondary N) is 1. The van der Waals surface area contributed by atoms with Gasteiger partial charge in [-0.3, -0.25) is 4.79 Å². The van der Waals surface area contributed by atoms with Crippen molar-refractivity contribution in [3.05, 3.63) is 29.6 Å². The van der Waals surface area contributed by atoms with E-state index in [9.17, 15) is 9.18 Å². The lowest BCUT2D eigenvalue weighted by Gasteiger charge is -2.31. The minimum absolute atomic E-state index is 0.0934. The number of rotatable bonds is 1. The highest BCUT2D eigenvalue weighted by molar-refractivity contribution is 5.99. The van der Waals surface area contributed by atoms with Gasteiger partial charge in [-0.2, -0.15) is 0 Å². The SMILES string of the molecule is CC1CCCC(C(=O)N2CCc3ccc(F)cc32)N1. The number of carbonyl (C=O) groups excluding carboxylic acids is 1. The van der Waals surface area contributed by atoms with Crippen molar-refractivity contribution >= 4 is 11.6 Å². The van der Waals surface area contributed by atoms with Crippen molar-refractivity contribution in [2.75, 3.05) is 11.4 Å². The summed E-state index contributed by atoms with van der Waals surface area (Å²) in [5, 5.41) is 3.35. The molecule has 19 heavy (non-hydrogen) atoms. The van der Waals surface area contributed by atoms with Crippen LogP contribution in [0.4, 0.5) is 10.1 Å². The van der Waals surface area contributed by atoms with Gasteiger partial charge in [0.15, 0.2) is 0 Å². The van der Waals surface area contributed by atoms with Crippen LogP contribution in [0.3, 0.4) is 0 Å². The topological polar surface area (TPSA) is 32.3 Å². The Morgan fingerprint density at radius 2 is 2.26 bits per heavy atom. The van der Waals surface area contributed by atoms with Crippen molar-refractivity contribution < 1.29 is 9.18 Å². The van der Waals surface area contributed by atoms with Crippen molar-refractivity contribution in [3.63, 3.8) is 0 Å². The molecule has 2 aliphatic rings. The second kappa shape index (κ2) is 4.93. The van der Waals surface area contributed by atoms with E-state index in [1.165, 1.54) is 12.1 Å². The Balaban J connectivity index is 1.81. The van der Waals surface area contributed by atoms with Gasteiger partial charge in [0.1, 0.15) is 5.82 Å². The van der Waals surface area contributed by atoms with E-state index < -0.39 is 0 Å². The molecule has 2 aliphatic heterocycles. The average molecular weight is 262 g/mol. The molecule has 3 rings (SSSR count). The molecule has 102 valence electrons. The molecule has 0 radical (unpaired) electrons. The molecule has 2 unspecified atom stereocenters. The Labute approximate surface area is 112 Å². The molecule has 1 N–H and O–H groups in total. The lowest BCUT2D eigenvalue weighted by Crippen LogP contribution is -2.51. The van der Waals surface area contributed by atoms with E-state index >= 15 is 0 Å². The van der Waals surface area contributed by atoms with Crippen molar-refractivity contribution in [1.82, 2.24) is 5.32 Å². The lowest BCUT2D eigenvalue weighted by atomic mass is 9.98. The Bertz CT molecular complexity index is 503. The molecular formula is C15H19FN2O. The number of amides is 1. The van der Waals surface area contributed by atoms with Crippen LogP contribution in [-0.2, 0) is 11.2 Å². The van der Waals surface area contributed by atoms with Gasteiger partial charge in [0.2, 0.25) is 5.91 Å². The first-order valence-electron chi connectivity index (χ1n) is 7.01. The molecule has 1 aromatic rings. The highest BCUT2D eigenvalue weighted by Crippen LogP contribution is 2.30. The minimum Gasteiger partial charge on any atom is -0.310 e. The summed E-state index contributed by atoms with van der Waals surface area (Å²) in [6.45, 7) is 2.78. The van der Waals surface area contributed by atoms with Crippen molar-refractivity contribution in [2.45, 2.75) is 44.7 Å². The maximum absolute atomic E-state index is 13.3. The van der Waals surface area contributed by atoms with Gasteiger partial charge >= 0.3 is 0 Å². The summed E-state index contributed by atoms with van der Waals surface area (Å²) in [6, 6.07) is 5.00. The smallest absolute Gasteiger partial charge is 0.244 e. The van der Waals surface area contributed by atoms with Gasteiger partial charge in [-0.05, 0) is 50.3 Å². The average Bonchev–Trinajstić information content (AvgIpc) is 2.80. The number of halogens is 1. The first-order chi connectivity index (χ1) is 9.15. The highest BCUT2D eigenvalue weighted by Gasteiger charge is 2.32. The van der Waals surface area contributed by atoms with Gasteiger partial charge in [-0.25, -0.2) is 4.39 Å². The first kappa shape index (κ1) is 12.6. The molecule has 1 fully saturated rings. The summed E-state index contributed by atoms with van der Waals surface area (Å²) in [7, 11) is 0. The number of nitrogens with zero attached hydrogens (tertiary/aromatic N) is 1. The fourth-order valence-electron chi connectivity index (χ4n) is 3.10. The predicted molar refractivity (Wildman–Crippen MR) is 72.7 cm³/mol. The highest BCUT2D eigenvalue weighted by atomic mass is 19.1. The van der Waals surface area contributed by atoms with Crippen LogP contribution in [0.5, 0.6) is 0 Å². The van der Waals surface area contributed by atoms with Crippen LogP contribution < -0.4 is 10.2 Å². The Morgan fingerprint density at radius 3 is 3.05 bits per heavy atom. The van der Waals surface area contributed by atoms with E-state index in [0.29, 0.717) is 12.6 Å². The zero-order chi connectivity index (χ0) is 13.4. The predicted octanol–water partition coefficient (Wildman–Crippen LogP) is 2.25. The van der Waals surface area contributed by atoms with Gasteiger partial charge in [0.05, 0.1) is 6.04 Å². The van der Waals surface area contributed by atoms with Crippen molar-refractivity contribution in [2.24, 2.45) is 0 Å². The van der Waals surface area contributed by atoms with Crippen LogP contribution in [0.25, 0.3) is 0 Å². The summed E-state index contributed by atoms with van der Waals surface area (Å²) in [5.41, 5.74) is 1.82. The van der Waals surface area contributed by atoms with Gasteiger partial charge in [-0.15, -0.1) is 0 Å². The molecular weight excluding hydrogens is 243 g/mol. The van der Waals surface area contributed by atoms with Gasteiger partial charge < -0.3 is 10.2 Å². The molecule has 0 aliphatic carbocycles. The van der Waals surface area contributed by atoms with Gasteiger partial charge in [0, 0.05) is 18.3 Å². The summed E-state index contributed by atoms with van der Waals surface area (Å²) in [6.07, 6.45) is 3.90. The number of carbonyl (C=O) groups is 1. The third-order valence-electron chi connectivity index (χ3n) is 4.12. The van der Waals surface area contributed by atoms with Gasteiger partial charge in [0.25, 0.3) is 0 Å². The van der Waals surface area contributed by atoms with Crippen LogP contribution in [-0.4, -0.2) is 24.5 Å². The normalized spacial score (nSPS) is 26.3. The van der Waals surface area contributed by atoms with E-state index in [4.69, 9.17) is 0 Å². The fraction of sp³-hybridized carbons (Fsp3) is 0.533. The zero-order valence-corrected chi connectivity index (χ0v) is 11.2. The van der Waals surface area contributed by atoms with Crippen LogP contribution >= 0.6 is 0 Å². The van der Waals surface area contributed by atoms with Crippen LogP contribution in [0.15, 0.2) is 18.2 Å². The second-order valence-corrected chi connectivity index (χ2v) is 5.56. The summed E-state index contributed by atoms with van der Waals surface area (Å²) < 4.78 is 13.3. The van der Waals surface area contributed by atoms with E-state index in [2.05, 4.69) is 12.2 Å². The standard InChI is InChI=1S/C15H19FN2O/c1-10-3-2-4-13(17-10)15(19)18-8-7-11-5-6-12(16)9-14(11)18/h5-6,9-10,13,17H,2-4,7-8H2,1H3. The van der Waals surface area contributed by atoms with E-state index in [1.54, 1.807) is 11.0 Å². The minimum atomic E-state index is -0.275. The maximum Gasteiger partial charge on any atom is 0.244 e. The monoisotopic (exact) mass is 262 g/mol. The Kier molecular flexibility index (Phi) is 3.27. The molecule has 1 amide bonds. The fourth-order valence-corrected chi connectivity index (χ4v) is 3.10. The number of fused-ring (bicyclic) bond motifs is 1. The van der Waals surface area contributed by atoms with Crippen LogP contribution in [0.2, 0.25) is 0 Å². The summed E-state index contributed by atoms with van der Waals surface area (Å²) in [4.78, 5) is 14.3. The zero-order valence-electron chi connectivity index (χ0n) is 11.2. The molecule has 1 aromatic carbocycles. The van der Waals surface area contributed by atoms with E-state index in [-0.39, 0.29) is 17.8 Å². The molecule has 0 aromatic heterocycles. The number of hydrogen-bond acceptors (Lipinski definition) is 2. The quantitative estimate of drug-likeness (QED) is 0.842. The molecule has 3 nitrogen and oxygen atoms in total. The van der Waals surface area contributed by atoms with Crippen molar-refractivity contribution in [3.8, 4) is 0 Å². The third kappa shape index (κ3) is 2.37. The summed E-state index contributed by atoms with van der Waals surface area (Å²) in [5.74, 6) is -0.181. The number of anilines is 1. The Morgan fingerprint density at radius 1 is 1.42 bits per heavy atom. The molecule has 2 heterocycles. The third-order valence-corrected chi connectivity index (χ3v) is 4.12. The number of benzene rings is 1. The lowest BCUT2D eigenvalue weighted by molar-refractivity contribution is -0.121. The first-order valence-corrected chi connectivity index (χ1v) is 7.01. The molecule has 0 spiro atoms. The molecule has 4 heteroatoms. The van der Waals surface area contributed by atoms with E-state index in [1.807, 2.05) is 0 Å². The maximum atomic E-state index is 13.3. The molecule has 1 saturated heterocycles. The number of hydrogen-bond donors (Lipinski definition) is 1. The van der Waals surface area contributed by atoms with Crippen LogP contribution in [0.1, 0.15) is 31.7 Å². The van der Waals surface area contributed by atoms with Gasteiger partial charge in [-0.1, -0.05) is 6.07 Å². The summed E-state index contributed by atoms with van der Waals surface area (Å²) >= 11 is 0. The molecule has 0 bridgehead atoms. The second-order valence-electron chi connectivity index (χ2n) is 5.56. The Hall–Kier alpha value is -1.42. The molecule has 0 saturated carbocycles. The van der Waals surface area contributed by atoms with Crippen LogP contribution in [0, 0.1) is 5.82 Å². The number of piperidine rings is 1. The van der Waals surface area contributed by atoms with Crippen molar-refractivity contribution in [1.29, 1.82) is 0 Å². The molecule has 2 atom stereocenters.